The second-order valence-electron chi connectivity index (χ2n) is 2.86. The van der Waals surface area contributed by atoms with E-state index in [9.17, 15) is 4.79 Å². The maximum Gasteiger partial charge on any atom is 0.230 e. The minimum absolute atomic E-state index is 0.115. The molecule has 0 bridgehead atoms. The van der Waals surface area contributed by atoms with Crippen molar-refractivity contribution in [3.63, 3.8) is 0 Å². The quantitative estimate of drug-likeness (QED) is 0.658. The van der Waals surface area contributed by atoms with Crippen LogP contribution in [0, 0.1) is 0 Å². The molecular formula is C9H16N2O2S. The van der Waals surface area contributed by atoms with Crippen molar-refractivity contribution in [2.24, 2.45) is 4.99 Å². The Morgan fingerprint density at radius 2 is 2.50 bits per heavy atom. The largest absolute Gasteiger partial charge is 0.381 e. The molecule has 0 atom stereocenters. The second-order valence-corrected chi connectivity index (χ2v) is 3.63. The lowest BCUT2D eigenvalue weighted by molar-refractivity contribution is -0.127. The fraction of sp³-hybridized carbons (Fsp3) is 0.778. The zero-order chi connectivity index (χ0) is 10.4. The topological polar surface area (TPSA) is 41.9 Å². The standard InChI is InChI=1S/C9H16N2O2S/c1-3-13-7-4-8(12)11-6-5-10-9(11)14-2/h3-7H2,1-2H3. The van der Waals surface area contributed by atoms with Crippen molar-refractivity contribution in [1.82, 2.24) is 4.90 Å². The predicted molar refractivity (Wildman–Crippen MR) is 58.6 cm³/mol. The number of thioether (sulfide) groups is 1. The van der Waals surface area contributed by atoms with E-state index < -0.39 is 0 Å². The van der Waals surface area contributed by atoms with E-state index in [1.165, 1.54) is 11.8 Å². The van der Waals surface area contributed by atoms with Crippen molar-refractivity contribution < 1.29 is 9.53 Å². The predicted octanol–water partition coefficient (Wildman–Crippen LogP) is 0.974. The first-order valence-electron chi connectivity index (χ1n) is 4.76. The van der Waals surface area contributed by atoms with Gasteiger partial charge in [0.05, 0.1) is 19.6 Å². The summed E-state index contributed by atoms with van der Waals surface area (Å²) in [6.07, 6.45) is 2.39. The molecule has 0 N–H and O–H groups in total. The third kappa shape index (κ3) is 2.99. The first-order valence-corrected chi connectivity index (χ1v) is 5.98. The molecule has 0 aromatic carbocycles. The highest BCUT2D eigenvalue weighted by Crippen LogP contribution is 2.12. The maximum atomic E-state index is 11.6. The molecule has 5 heteroatoms. The SMILES string of the molecule is CCOCCC(=O)N1CCN=C1SC. The fourth-order valence-electron chi connectivity index (χ4n) is 1.27. The van der Waals surface area contributed by atoms with Crippen LogP contribution in [0.25, 0.3) is 0 Å². The number of rotatable bonds is 4. The van der Waals surface area contributed by atoms with E-state index in [4.69, 9.17) is 4.74 Å². The summed E-state index contributed by atoms with van der Waals surface area (Å²) in [7, 11) is 0. The Balaban J connectivity index is 2.33. The second kappa shape index (κ2) is 6.03. The lowest BCUT2D eigenvalue weighted by Crippen LogP contribution is -2.33. The summed E-state index contributed by atoms with van der Waals surface area (Å²) >= 11 is 1.52. The van der Waals surface area contributed by atoms with E-state index in [-0.39, 0.29) is 5.91 Å². The summed E-state index contributed by atoms with van der Waals surface area (Å²) in [5.41, 5.74) is 0. The molecule has 0 aromatic rings. The van der Waals surface area contributed by atoms with E-state index in [2.05, 4.69) is 4.99 Å². The zero-order valence-corrected chi connectivity index (χ0v) is 9.47. The monoisotopic (exact) mass is 216 g/mol. The smallest absolute Gasteiger partial charge is 0.230 e. The first kappa shape index (κ1) is 11.5. The third-order valence-corrected chi connectivity index (χ3v) is 2.66. The number of hydrogen-bond acceptors (Lipinski definition) is 4. The van der Waals surface area contributed by atoms with Crippen LogP contribution in [0.2, 0.25) is 0 Å². The Hall–Kier alpha value is -0.550. The van der Waals surface area contributed by atoms with E-state index in [1.54, 1.807) is 4.90 Å². The average Bonchev–Trinajstić information content (AvgIpc) is 2.65. The molecule has 80 valence electrons. The Kier molecular flexibility index (Phi) is 4.97. The van der Waals surface area contributed by atoms with Crippen molar-refractivity contribution in [2.45, 2.75) is 13.3 Å². The number of nitrogens with zero attached hydrogens (tertiary/aromatic N) is 2. The maximum absolute atomic E-state index is 11.6. The Labute approximate surface area is 88.7 Å². The number of aliphatic imine (C=N–C) groups is 1. The van der Waals surface area contributed by atoms with Gasteiger partial charge in [-0.2, -0.15) is 0 Å². The number of amides is 1. The zero-order valence-electron chi connectivity index (χ0n) is 8.65. The van der Waals surface area contributed by atoms with E-state index >= 15 is 0 Å². The van der Waals surface area contributed by atoms with Gasteiger partial charge in [-0.1, -0.05) is 11.8 Å². The van der Waals surface area contributed by atoms with Crippen molar-refractivity contribution >= 4 is 22.8 Å². The van der Waals surface area contributed by atoms with Crippen molar-refractivity contribution in [2.75, 3.05) is 32.6 Å². The lowest BCUT2D eigenvalue weighted by atomic mass is 10.4. The van der Waals surface area contributed by atoms with E-state index in [1.807, 2.05) is 13.2 Å². The van der Waals surface area contributed by atoms with Gasteiger partial charge >= 0.3 is 0 Å². The molecule has 0 unspecified atom stereocenters. The summed E-state index contributed by atoms with van der Waals surface area (Å²) in [4.78, 5) is 17.6. The van der Waals surface area contributed by atoms with Gasteiger partial charge in [0.1, 0.15) is 0 Å². The van der Waals surface area contributed by atoms with Crippen LogP contribution >= 0.6 is 11.8 Å². The fourth-order valence-corrected chi connectivity index (χ4v) is 1.91. The lowest BCUT2D eigenvalue weighted by Gasteiger charge is -2.16. The molecule has 0 spiro atoms. The van der Waals surface area contributed by atoms with Crippen LogP contribution in [0.5, 0.6) is 0 Å². The van der Waals surface area contributed by atoms with E-state index in [0.29, 0.717) is 19.6 Å². The Morgan fingerprint density at radius 1 is 1.71 bits per heavy atom. The molecule has 1 heterocycles. The molecule has 0 aromatic heterocycles. The summed E-state index contributed by atoms with van der Waals surface area (Å²) in [6.45, 7) is 4.55. The van der Waals surface area contributed by atoms with Gasteiger partial charge < -0.3 is 4.74 Å². The molecule has 0 radical (unpaired) electrons. The van der Waals surface area contributed by atoms with Crippen molar-refractivity contribution in [3.05, 3.63) is 0 Å². The Bertz CT molecular complexity index is 231. The number of ether oxygens (including phenoxy) is 1. The van der Waals surface area contributed by atoms with Gasteiger partial charge in [0.2, 0.25) is 5.91 Å². The van der Waals surface area contributed by atoms with Gasteiger partial charge in [0, 0.05) is 13.2 Å². The van der Waals surface area contributed by atoms with Gasteiger partial charge in [0.25, 0.3) is 0 Å². The summed E-state index contributed by atoms with van der Waals surface area (Å²) in [5.74, 6) is 0.115. The van der Waals surface area contributed by atoms with Crippen LogP contribution in [0.4, 0.5) is 0 Å². The Morgan fingerprint density at radius 3 is 3.14 bits per heavy atom. The van der Waals surface area contributed by atoms with Crippen molar-refractivity contribution in [3.8, 4) is 0 Å². The number of carbonyl (C=O) groups is 1. The minimum Gasteiger partial charge on any atom is -0.381 e. The van der Waals surface area contributed by atoms with Crippen LogP contribution in [0.1, 0.15) is 13.3 Å². The number of carbonyl (C=O) groups excluding carboxylic acids is 1. The van der Waals surface area contributed by atoms with Crippen LogP contribution < -0.4 is 0 Å². The number of amidine groups is 1. The molecule has 0 saturated heterocycles. The molecule has 0 aliphatic carbocycles. The molecule has 1 aliphatic heterocycles. The van der Waals surface area contributed by atoms with Crippen LogP contribution in [-0.2, 0) is 9.53 Å². The molecule has 14 heavy (non-hydrogen) atoms. The molecule has 0 saturated carbocycles. The van der Waals surface area contributed by atoms with Crippen LogP contribution in [-0.4, -0.2) is 48.5 Å². The normalized spacial score (nSPS) is 15.9. The first-order chi connectivity index (χ1) is 6.79. The minimum atomic E-state index is 0.115. The summed E-state index contributed by atoms with van der Waals surface area (Å²) < 4.78 is 5.14. The number of hydrogen-bond donors (Lipinski definition) is 0. The molecule has 1 rings (SSSR count). The van der Waals surface area contributed by atoms with Crippen LogP contribution in [0.3, 0.4) is 0 Å². The van der Waals surface area contributed by atoms with Gasteiger partial charge in [-0.3, -0.25) is 14.7 Å². The van der Waals surface area contributed by atoms with E-state index in [0.717, 1.165) is 18.3 Å². The van der Waals surface area contributed by atoms with Crippen LogP contribution in [0.15, 0.2) is 4.99 Å². The summed E-state index contributed by atoms with van der Waals surface area (Å²) in [6, 6.07) is 0. The highest BCUT2D eigenvalue weighted by Gasteiger charge is 2.22. The van der Waals surface area contributed by atoms with Gasteiger partial charge in [0.15, 0.2) is 5.17 Å². The molecular weight excluding hydrogens is 200 g/mol. The molecule has 0 fully saturated rings. The van der Waals surface area contributed by atoms with Crippen molar-refractivity contribution in [1.29, 1.82) is 0 Å². The van der Waals surface area contributed by atoms with Gasteiger partial charge in [-0.05, 0) is 13.2 Å². The highest BCUT2D eigenvalue weighted by molar-refractivity contribution is 8.13. The molecule has 1 amide bonds. The van der Waals surface area contributed by atoms with Gasteiger partial charge in [-0.25, -0.2) is 0 Å². The average molecular weight is 216 g/mol. The summed E-state index contributed by atoms with van der Waals surface area (Å²) in [5, 5.41) is 0.839. The highest BCUT2D eigenvalue weighted by atomic mass is 32.2. The molecule has 4 nitrogen and oxygen atoms in total. The third-order valence-electron chi connectivity index (χ3n) is 1.95. The molecule has 1 aliphatic rings. The van der Waals surface area contributed by atoms with Gasteiger partial charge in [-0.15, -0.1) is 0 Å².